The molecule has 0 saturated carbocycles. The van der Waals surface area contributed by atoms with E-state index in [1.165, 1.54) is 6.07 Å². The summed E-state index contributed by atoms with van der Waals surface area (Å²) in [7, 11) is 0. The Balaban J connectivity index is 2.22. The van der Waals surface area contributed by atoms with Gasteiger partial charge in [-0.3, -0.25) is 10.1 Å². The fourth-order valence-corrected chi connectivity index (χ4v) is 3.45. The number of rotatable bonds is 4. The normalized spacial score (nSPS) is 19.6. The molecule has 124 valence electrons. The summed E-state index contributed by atoms with van der Waals surface area (Å²) in [5, 5.41) is 11.2. The van der Waals surface area contributed by atoms with Gasteiger partial charge in [-0.2, -0.15) is 0 Å². The molecule has 1 aliphatic rings. The number of hydrogen-bond donors (Lipinski definition) is 1. The number of carbonyl (C=O) groups is 1. The molecule has 24 heavy (non-hydrogen) atoms. The highest BCUT2D eigenvalue weighted by Gasteiger charge is 2.38. The first-order valence-corrected chi connectivity index (χ1v) is 7.80. The maximum absolute atomic E-state index is 11.2. The van der Waals surface area contributed by atoms with Crippen LogP contribution in [-0.4, -0.2) is 24.3 Å². The van der Waals surface area contributed by atoms with Gasteiger partial charge in [0.1, 0.15) is 12.0 Å². The number of nitrogens with zero attached hydrogens (tertiary/aromatic N) is 2. The van der Waals surface area contributed by atoms with Crippen LogP contribution in [0.1, 0.15) is 24.5 Å². The molecule has 1 heterocycles. The van der Waals surface area contributed by atoms with Crippen molar-refractivity contribution in [1.29, 1.82) is 0 Å². The molecule has 0 amide bonds. The Kier molecular flexibility index (Phi) is 3.97. The summed E-state index contributed by atoms with van der Waals surface area (Å²) in [5.74, 6) is 0. The molecular formula is C18H19N3O3. The van der Waals surface area contributed by atoms with E-state index in [4.69, 9.17) is 5.73 Å². The minimum Gasteiger partial charge on any atom is -0.393 e. The minimum absolute atomic E-state index is 0.123. The predicted molar refractivity (Wildman–Crippen MR) is 93.3 cm³/mol. The van der Waals surface area contributed by atoms with Crippen molar-refractivity contribution in [2.75, 3.05) is 23.7 Å². The van der Waals surface area contributed by atoms with Crippen molar-refractivity contribution in [1.82, 2.24) is 0 Å². The molecule has 0 aromatic heterocycles. The Morgan fingerprint density at radius 1 is 1.33 bits per heavy atom. The van der Waals surface area contributed by atoms with Crippen molar-refractivity contribution in [3.8, 4) is 0 Å². The number of carbonyl (C=O) groups excluding carboxylic acids is 1. The quantitative estimate of drug-likeness (QED) is 0.404. The standard InChI is InChI=1S/C18H19N3O3/c1-18(13-5-3-2-4-6-13)7-8-20(9-10-22)16-12-17(21(23)24)15(19)11-14(16)18/h2-6,10-12H,7-9,19H2,1H3. The first kappa shape index (κ1) is 16.0. The van der Waals surface area contributed by atoms with Gasteiger partial charge in [0.25, 0.3) is 5.69 Å². The SMILES string of the molecule is CC1(c2ccccc2)CCN(CC=O)c2cc([N+](=O)[O-])c(N)cc21. The summed E-state index contributed by atoms with van der Waals surface area (Å²) >= 11 is 0. The number of benzene rings is 2. The van der Waals surface area contributed by atoms with E-state index in [2.05, 4.69) is 19.1 Å². The molecule has 2 aromatic carbocycles. The fraction of sp³-hybridized carbons (Fsp3) is 0.278. The van der Waals surface area contributed by atoms with E-state index in [0.717, 1.165) is 23.8 Å². The van der Waals surface area contributed by atoms with Gasteiger partial charge in [-0.15, -0.1) is 0 Å². The van der Waals surface area contributed by atoms with Gasteiger partial charge < -0.3 is 15.4 Å². The molecule has 1 unspecified atom stereocenters. The second-order valence-electron chi connectivity index (χ2n) is 6.25. The van der Waals surface area contributed by atoms with E-state index in [1.807, 2.05) is 23.1 Å². The van der Waals surface area contributed by atoms with Gasteiger partial charge in [0, 0.05) is 23.7 Å². The van der Waals surface area contributed by atoms with Crippen LogP contribution in [0.2, 0.25) is 0 Å². The predicted octanol–water partition coefficient (Wildman–Crippen LogP) is 2.89. The largest absolute Gasteiger partial charge is 0.393 e. The van der Waals surface area contributed by atoms with Crippen molar-refractivity contribution in [3.63, 3.8) is 0 Å². The van der Waals surface area contributed by atoms with Crippen LogP contribution in [0.3, 0.4) is 0 Å². The van der Waals surface area contributed by atoms with Gasteiger partial charge in [0.2, 0.25) is 0 Å². The molecule has 2 N–H and O–H groups in total. The van der Waals surface area contributed by atoms with Gasteiger partial charge >= 0.3 is 0 Å². The lowest BCUT2D eigenvalue weighted by atomic mass is 9.70. The summed E-state index contributed by atoms with van der Waals surface area (Å²) in [6.45, 7) is 2.97. The third-order valence-corrected chi connectivity index (χ3v) is 4.86. The van der Waals surface area contributed by atoms with Crippen LogP contribution in [0.5, 0.6) is 0 Å². The summed E-state index contributed by atoms with van der Waals surface area (Å²) in [5.41, 5.74) is 8.41. The van der Waals surface area contributed by atoms with Crippen LogP contribution in [0.4, 0.5) is 17.1 Å². The Morgan fingerprint density at radius 3 is 2.67 bits per heavy atom. The van der Waals surface area contributed by atoms with Crippen molar-refractivity contribution >= 4 is 23.3 Å². The number of nitrogens with two attached hydrogens (primary N) is 1. The summed E-state index contributed by atoms with van der Waals surface area (Å²) in [4.78, 5) is 23.6. The molecular weight excluding hydrogens is 306 g/mol. The van der Waals surface area contributed by atoms with Gasteiger partial charge in [0.05, 0.1) is 11.5 Å². The zero-order valence-corrected chi connectivity index (χ0v) is 13.4. The first-order valence-electron chi connectivity index (χ1n) is 7.80. The lowest BCUT2D eigenvalue weighted by Crippen LogP contribution is -2.40. The summed E-state index contributed by atoms with van der Waals surface area (Å²) in [6.07, 6.45) is 1.62. The van der Waals surface area contributed by atoms with Crippen LogP contribution in [0, 0.1) is 10.1 Å². The molecule has 1 aliphatic heterocycles. The third-order valence-electron chi connectivity index (χ3n) is 4.86. The van der Waals surface area contributed by atoms with Crippen molar-refractivity contribution < 1.29 is 9.72 Å². The third kappa shape index (κ3) is 2.50. The van der Waals surface area contributed by atoms with Gasteiger partial charge in [0.15, 0.2) is 0 Å². The number of anilines is 2. The molecule has 0 fully saturated rings. The van der Waals surface area contributed by atoms with E-state index in [0.29, 0.717) is 12.2 Å². The number of nitro groups is 1. The van der Waals surface area contributed by atoms with Crippen LogP contribution < -0.4 is 10.6 Å². The molecule has 6 heteroatoms. The molecule has 0 spiro atoms. The lowest BCUT2D eigenvalue weighted by Gasteiger charge is -2.42. The number of fused-ring (bicyclic) bond motifs is 1. The van der Waals surface area contributed by atoms with Gasteiger partial charge in [-0.05, 0) is 23.6 Å². The Hall–Kier alpha value is -2.89. The highest BCUT2D eigenvalue weighted by atomic mass is 16.6. The fourth-order valence-electron chi connectivity index (χ4n) is 3.45. The van der Waals surface area contributed by atoms with Crippen molar-refractivity contribution in [2.45, 2.75) is 18.8 Å². The number of nitrogen functional groups attached to an aromatic ring is 1. The monoisotopic (exact) mass is 325 g/mol. The van der Waals surface area contributed by atoms with Gasteiger partial charge in [-0.25, -0.2) is 0 Å². The molecule has 0 aliphatic carbocycles. The Morgan fingerprint density at radius 2 is 2.04 bits per heavy atom. The van der Waals surface area contributed by atoms with E-state index < -0.39 is 4.92 Å². The van der Waals surface area contributed by atoms with Crippen LogP contribution in [0.15, 0.2) is 42.5 Å². The number of aldehydes is 1. The highest BCUT2D eigenvalue weighted by Crippen LogP contribution is 2.47. The second-order valence-corrected chi connectivity index (χ2v) is 6.25. The molecule has 1 atom stereocenters. The van der Waals surface area contributed by atoms with Crippen molar-refractivity contribution in [2.24, 2.45) is 0 Å². The van der Waals surface area contributed by atoms with Crippen LogP contribution >= 0.6 is 0 Å². The van der Waals surface area contributed by atoms with Crippen LogP contribution in [-0.2, 0) is 10.2 Å². The van der Waals surface area contributed by atoms with E-state index in [-0.39, 0.29) is 23.3 Å². The summed E-state index contributed by atoms with van der Waals surface area (Å²) in [6, 6.07) is 13.2. The smallest absolute Gasteiger partial charge is 0.294 e. The first-order chi connectivity index (χ1) is 11.5. The van der Waals surface area contributed by atoms with Crippen molar-refractivity contribution in [3.05, 3.63) is 63.7 Å². The molecule has 0 radical (unpaired) electrons. The van der Waals surface area contributed by atoms with E-state index in [9.17, 15) is 14.9 Å². The average Bonchev–Trinajstić information content (AvgIpc) is 2.58. The molecule has 2 aromatic rings. The second kappa shape index (κ2) is 5.96. The maximum atomic E-state index is 11.2. The van der Waals surface area contributed by atoms with E-state index in [1.54, 1.807) is 6.07 Å². The Labute approximate surface area is 140 Å². The Bertz CT molecular complexity index is 792. The minimum atomic E-state index is -0.483. The zero-order valence-electron chi connectivity index (χ0n) is 13.4. The lowest BCUT2D eigenvalue weighted by molar-refractivity contribution is -0.383. The molecule has 6 nitrogen and oxygen atoms in total. The number of hydrogen-bond acceptors (Lipinski definition) is 5. The molecule has 3 rings (SSSR count). The average molecular weight is 325 g/mol. The topological polar surface area (TPSA) is 89.5 Å². The maximum Gasteiger partial charge on any atom is 0.294 e. The zero-order chi connectivity index (χ0) is 17.3. The number of nitro benzene ring substituents is 1. The summed E-state index contributed by atoms with van der Waals surface area (Å²) < 4.78 is 0. The van der Waals surface area contributed by atoms with Crippen LogP contribution in [0.25, 0.3) is 0 Å². The molecule has 0 saturated heterocycles. The molecule has 0 bridgehead atoms. The van der Waals surface area contributed by atoms with Gasteiger partial charge in [-0.1, -0.05) is 37.3 Å². The van der Waals surface area contributed by atoms with E-state index >= 15 is 0 Å². The highest BCUT2D eigenvalue weighted by molar-refractivity contribution is 5.76.